The van der Waals surface area contributed by atoms with Gasteiger partial charge >= 0.3 is 0 Å². The maximum absolute atomic E-state index is 6.03. The first-order valence-electron chi connectivity index (χ1n) is 9.34. The van der Waals surface area contributed by atoms with E-state index in [1.165, 1.54) is 6.42 Å². The smallest absolute Gasteiger partial charge is 0.213 e. The van der Waals surface area contributed by atoms with Crippen LogP contribution in [0.3, 0.4) is 0 Å². The molecule has 7 heteroatoms. The molecule has 142 valence electrons. The molecule has 0 bridgehead atoms. The van der Waals surface area contributed by atoms with Gasteiger partial charge in [0, 0.05) is 30.4 Å². The number of nitrogens with one attached hydrogen (secondary N) is 1. The van der Waals surface area contributed by atoms with Gasteiger partial charge in [-0.3, -0.25) is 0 Å². The minimum atomic E-state index is 0.308. The van der Waals surface area contributed by atoms with Crippen LogP contribution < -0.4 is 25.3 Å². The third kappa shape index (κ3) is 4.61. The highest BCUT2D eigenvalue weighted by Gasteiger charge is 2.19. The summed E-state index contributed by atoms with van der Waals surface area (Å²) in [7, 11) is 0. The first kappa shape index (κ1) is 17.5. The molecule has 0 unspecified atom stereocenters. The van der Waals surface area contributed by atoms with Crippen LogP contribution in [-0.4, -0.2) is 30.3 Å². The van der Waals surface area contributed by atoms with E-state index in [0.717, 1.165) is 42.0 Å². The second-order valence-electron chi connectivity index (χ2n) is 6.71. The fourth-order valence-electron chi connectivity index (χ4n) is 2.88. The summed E-state index contributed by atoms with van der Waals surface area (Å²) in [5.74, 6) is 2.46. The van der Waals surface area contributed by atoms with Crippen LogP contribution in [0.1, 0.15) is 31.2 Å². The summed E-state index contributed by atoms with van der Waals surface area (Å²) in [6, 6.07) is 9.48. The van der Waals surface area contributed by atoms with Crippen molar-refractivity contribution in [2.24, 2.45) is 10.7 Å². The average molecular weight is 368 g/mol. The Morgan fingerprint density at radius 2 is 2.00 bits per heavy atom. The number of hydrogen-bond acceptors (Lipinski definition) is 5. The summed E-state index contributed by atoms with van der Waals surface area (Å²) in [6.45, 7) is 1.77. The lowest BCUT2D eigenvalue weighted by molar-refractivity contribution is 0.114. The highest BCUT2D eigenvalue weighted by Crippen LogP contribution is 2.32. The number of anilines is 1. The molecule has 1 saturated carbocycles. The van der Waals surface area contributed by atoms with Gasteiger partial charge in [0.15, 0.2) is 17.5 Å². The van der Waals surface area contributed by atoms with Crippen molar-refractivity contribution in [1.29, 1.82) is 0 Å². The average Bonchev–Trinajstić information content (AvgIpc) is 2.88. The number of nitrogens with two attached hydrogens (primary N) is 1. The molecular formula is C20H24N4O3. The van der Waals surface area contributed by atoms with Gasteiger partial charge in [-0.25, -0.2) is 9.98 Å². The number of benzene rings is 1. The number of pyridine rings is 1. The molecule has 3 N–H and O–H groups in total. The number of rotatable bonds is 5. The van der Waals surface area contributed by atoms with Gasteiger partial charge in [0.1, 0.15) is 6.10 Å². The Bertz CT molecular complexity index is 821. The Kier molecular flexibility index (Phi) is 5.27. The maximum atomic E-state index is 6.03. The Morgan fingerprint density at radius 1 is 1.15 bits per heavy atom. The second-order valence-corrected chi connectivity index (χ2v) is 6.71. The number of aromatic nitrogens is 1. The van der Waals surface area contributed by atoms with Crippen molar-refractivity contribution in [3.05, 3.63) is 42.1 Å². The van der Waals surface area contributed by atoms with Crippen LogP contribution in [0.5, 0.6) is 17.4 Å². The Balaban J connectivity index is 1.37. The first-order valence-corrected chi connectivity index (χ1v) is 9.34. The molecule has 1 aromatic carbocycles. The summed E-state index contributed by atoms with van der Waals surface area (Å²) >= 11 is 0. The fraction of sp³-hybridized carbons (Fsp3) is 0.400. The highest BCUT2D eigenvalue weighted by atomic mass is 16.5. The van der Waals surface area contributed by atoms with E-state index in [9.17, 15) is 0 Å². The standard InChI is InChI=1S/C20H24N4O3/c21-20(24-15-5-6-17-18(12-15)26-10-2-9-25-17)23-13-14-7-8-22-19(11-14)27-16-3-1-4-16/h5-8,11-12,16H,1-4,9-10,13H2,(H3,21,23,24). The zero-order valence-corrected chi connectivity index (χ0v) is 15.2. The highest BCUT2D eigenvalue weighted by molar-refractivity contribution is 5.92. The second kappa shape index (κ2) is 8.16. The topological polar surface area (TPSA) is 91.0 Å². The molecular weight excluding hydrogens is 344 g/mol. The molecule has 7 nitrogen and oxygen atoms in total. The van der Waals surface area contributed by atoms with E-state index in [1.54, 1.807) is 6.20 Å². The maximum Gasteiger partial charge on any atom is 0.213 e. The van der Waals surface area contributed by atoms with Gasteiger partial charge < -0.3 is 25.3 Å². The first-order chi connectivity index (χ1) is 13.3. The molecule has 1 aromatic heterocycles. The van der Waals surface area contributed by atoms with E-state index in [-0.39, 0.29) is 0 Å². The van der Waals surface area contributed by atoms with Crippen LogP contribution in [0.25, 0.3) is 0 Å². The Hall–Kier alpha value is -2.96. The third-order valence-corrected chi connectivity index (χ3v) is 4.59. The summed E-state index contributed by atoms with van der Waals surface area (Å²) in [4.78, 5) is 8.66. The largest absolute Gasteiger partial charge is 0.490 e. The van der Waals surface area contributed by atoms with Crippen molar-refractivity contribution in [3.8, 4) is 17.4 Å². The van der Waals surface area contributed by atoms with E-state index in [0.29, 0.717) is 37.7 Å². The zero-order valence-electron chi connectivity index (χ0n) is 15.2. The molecule has 1 aliphatic heterocycles. The van der Waals surface area contributed by atoms with Gasteiger partial charge in [0.25, 0.3) is 0 Å². The van der Waals surface area contributed by atoms with Crippen molar-refractivity contribution >= 4 is 11.6 Å². The van der Waals surface area contributed by atoms with Crippen molar-refractivity contribution < 1.29 is 14.2 Å². The summed E-state index contributed by atoms with van der Waals surface area (Å²) in [6.07, 6.45) is 6.37. The third-order valence-electron chi connectivity index (χ3n) is 4.59. The predicted octanol–water partition coefficient (Wildman–Crippen LogP) is 3.10. The van der Waals surface area contributed by atoms with E-state index in [4.69, 9.17) is 19.9 Å². The number of ether oxygens (including phenoxy) is 3. The molecule has 1 fully saturated rings. The monoisotopic (exact) mass is 368 g/mol. The van der Waals surface area contributed by atoms with E-state index in [1.807, 2.05) is 30.3 Å². The van der Waals surface area contributed by atoms with Gasteiger partial charge in [0.2, 0.25) is 5.88 Å². The van der Waals surface area contributed by atoms with Crippen LogP contribution in [-0.2, 0) is 6.54 Å². The number of aliphatic imine (C=N–C) groups is 1. The summed E-state index contributed by atoms with van der Waals surface area (Å²) < 4.78 is 17.1. The van der Waals surface area contributed by atoms with Crippen molar-refractivity contribution in [2.45, 2.75) is 38.3 Å². The van der Waals surface area contributed by atoms with Crippen LogP contribution >= 0.6 is 0 Å². The lowest BCUT2D eigenvalue weighted by Gasteiger charge is -2.25. The van der Waals surface area contributed by atoms with E-state index in [2.05, 4.69) is 15.3 Å². The summed E-state index contributed by atoms with van der Waals surface area (Å²) in [5.41, 5.74) is 7.84. The summed E-state index contributed by atoms with van der Waals surface area (Å²) in [5, 5.41) is 3.09. The van der Waals surface area contributed by atoms with Crippen LogP contribution in [0.4, 0.5) is 5.69 Å². The molecule has 0 amide bonds. The van der Waals surface area contributed by atoms with E-state index >= 15 is 0 Å². The number of nitrogens with zero attached hydrogens (tertiary/aromatic N) is 2. The van der Waals surface area contributed by atoms with Gasteiger partial charge in [-0.15, -0.1) is 0 Å². The number of hydrogen-bond donors (Lipinski definition) is 2. The molecule has 2 heterocycles. The van der Waals surface area contributed by atoms with Crippen LogP contribution in [0.2, 0.25) is 0 Å². The predicted molar refractivity (Wildman–Crippen MR) is 104 cm³/mol. The van der Waals surface area contributed by atoms with Gasteiger partial charge in [0.05, 0.1) is 19.8 Å². The molecule has 27 heavy (non-hydrogen) atoms. The van der Waals surface area contributed by atoms with Crippen molar-refractivity contribution in [1.82, 2.24) is 4.98 Å². The fourth-order valence-corrected chi connectivity index (χ4v) is 2.88. The zero-order chi connectivity index (χ0) is 18.5. The number of guanidine groups is 1. The lowest BCUT2D eigenvalue weighted by Crippen LogP contribution is -2.25. The normalized spacial score (nSPS) is 17.0. The Labute approximate surface area is 158 Å². The van der Waals surface area contributed by atoms with Crippen LogP contribution in [0, 0.1) is 0 Å². The van der Waals surface area contributed by atoms with Gasteiger partial charge in [-0.05, 0) is 43.0 Å². The molecule has 0 saturated heterocycles. The minimum Gasteiger partial charge on any atom is -0.490 e. The SMILES string of the molecule is NC(=NCc1ccnc(OC2CCC2)c1)Nc1ccc2c(c1)OCCCO2. The van der Waals surface area contributed by atoms with Crippen molar-refractivity contribution in [2.75, 3.05) is 18.5 Å². The van der Waals surface area contributed by atoms with Crippen LogP contribution in [0.15, 0.2) is 41.5 Å². The quantitative estimate of drug-likeness (QED) is 0.622. The van der Waals surface area contributed by atoms with Gasteiger partial charge in [-0.2, -0.15) is 0 Å². The molecule has 4 rings (SSSR count). The minimum absolute atomic E-state index is 0.308. The molecule has 0 spiro atoms. The lowest BCUT2D eigenvalue weighted by atomic mass is 9.96. The molecule has 0 atom stereocenters. The molecule has 0 radical (unpaired) electrons. The molecule has 1 aliphatic carbocycles. The van der Waals surface area contributed by atoms with Crippen molar-refractivity contribution in [3.63, 3.8) is 0 Å². The number of fused-ring (bicyclic) bond motifs is 1. The molecule has 2 aromatic rings. The Morgan fingerprint density at radius 3 is 2.81 bits per heavy atom. The van der Waals surface area contributed by atoms with E-state index < -0.39 is 0 Å². The van der Waals surface area contributed by atoms with Gasteiger partial charge in [-0.1, -0.05) is 0 Å². The molecule has 2 aliphatic rings.